The van der Waals surface area contributed by atoms with E-state index < -0.39 is 0 Å². The van der Waals surface area contributed by atoms with Crippen LogP contribution in [-0.4, -0.2) is 0 Å². The van der Waals surface area contributed by atoms with E-state index in [1.807, 2.05) is 0 Å². The van der Waals surface area contributed by atoms with Crippen molar-refractivity contribution in [2.24, 2.45) is 17.8 Å². The predicted octanol–water partition coefficient (Wildman–Crippen LogP) is 9.18. The van der Waals surface area contributed by atoms with Gasteiger partial charge >= 0.3 is 0 Å². The van der Waals surface area contributed by atoms with Gasteiger partial charge in [0.15, 0.2) is 0 Å². The normalized spacial score (nSPS) is 12.0. The van der Waals surface area contributed by atoms with Crippen molar-refractivity contribution >= 4 is 0 Å². The Morgan fingerprint density at radius 3 is 1.21 bits per heavy atom. The van der Waals surface area contributed by atoms with E-state index in [9.17, 15) is 0 Å². The van der Waals surface area contributed by atoms with E-state index in [1.165, 1.54) is 103 Å². The Hall–Kier alpha value is 0. The van der Waals surface area contributed by atoms with Crippen LogP contribution in [-0.2, 0) is 0 Å². The van der Waals surface area contributed by atoms with Crippen LogP contribution in [0.1, 0.15) is 137 Å². The number of rotatable bonds is 18. The summed E-state index contributed by atoms with van der Waals surface area (Å²) in [7, 11) is 0. The minimum Gasteiger partial charge on any atom is -0.0654 e. The van der Waals surface area contributed by atoms with Crippen LogP contribution in [0, 0.1) is 17.8 Å². The lowest BCUT2D eigenvalue weighted by Crippen LogP contribution is -2.03. The van der Waals surface area contributed by atoms with Crippen LogP contribution in [0.25, 0.3) is 0 Å². The molecule has 0 spiro atoms. The highest BCUT2D eigenvalue weighted by Gasteiger charge is 2.09. The van der Waals surface area contributed by atoms with Crippen molar-refractivity contribution in [3.05, 3.63) is 0 Å². The second-order valence-electron chi connectivity index (χ2n) is 9.13. The highest BCUT2D eigenvalue weighted by Crippen LogP contribution is 2.25. The lowest BCUT2D eigenvalue weighted by Gasteiger charge is -2.18. The van der Waals surface area contributed by atoms with Crippen molar-refractivity contribution in [2.45, 2.75) is 137 Å². The van der Waals surface area contributed by atoms with Gasteiger partial charge in [0.05, 0.1) is 0 Å². The van der Waals surface area contributed by atoms with Crippen molar-refractivity contribution in [3.63, 3.8) is 0 Å². The summed E-state index contributed by atoms with van der Waals surface area (Å²) in [6.45, 7) is 11.8. The maximum atomic E-state index is 2.37. The topological polar surface area (TPSA) is 0 Å². The van der Waals surface area contributed by atoms with Gasteiger partial charge in [0, 0.05) is 0 Å². The highest BCUT2D eigenvalue weighted by molar-refractivity contribution is 4.63. The fourth-order valence-corrected chi connectivity index (χ4v) is 3.81. The molecule has 0 unspecified atom stereocenters. The van der Waals surface area contributed by atoms with Crippen LogP contribution >= 0.6 is 0 Å². The summed E-state index contributed by atoms with van der Waals surface area (Å²) >= 11 is 0. The van der Waals surface area contributed by atoms with Crippen LogP contribution in [0.15, 0.2) is 0 Å². The summed E-state index contributed by atoms with van der Waals surface area (Å²) < 4.78 is 0. The Morgan fingerprint density at radius 1 is 0.417 bits per heavy atom. The Morgan fingerprint density at radius 2 is 0.792 bits per heavy atom. The van der Waals surface area contributed by atoms with Gasteiger partial charge in [0.25, 0.3) is 0 Å². The zero-order valence-electron chi connectivity index (χ0n) is 18.0. The largest absolute Gasteiger partial charge is 0.0654 e. The molecule has 0 bridgehead atoms. The monoisotopic (exact) mass is 338 g/mol. The number of unbranched alkanes of at least 4 members (excludes halogenated alkanes) is 8. The predicted molar refractivity (Wildman–Crippen MR) is 113 cm³/mol. The average Bonchev–Trinajstić information content (AvgIpc) is 2.52. The minimum atomic E-state index is 0.883. The summed E-state index contributed by atoms with van der Waals surface area (Å²) in [5.74, 6) is 2.79. The molecule has 0 rings (SSSR count). The molecule has 0 saturated heterocycles. The molecule has 0 aliphatic heterocycles. The summed E-state index contributed by atoms with van der Waals surface area (Å²) in [4.78, 5) is 0. The molecule has 0 nitrogen and oxygen atoms in total. The Bertz CT molecular complexity index is 214. The molecular formula is C24H50. The molecule has 0 fully saturated rings. The summed E-state index contributed by atoms with van der Waals surface area (Å²) in [5, 5.41) is 0. The average molecular weight is 339 g/mol. The Balaban J connectivity index is 3.69. The molecule has 0 amide bonds. The van der Waals surface area contributed by atoms with Crippen LogP contribution in [0.5, 0.6) is 0 Å². The minimum absolute atomic E-state index is 0.883. The van der Waals surface area contributed by atoms with Crippen LogP contribution in [0.2, 0.25) is 0 Å². The second kappa shape index (κ2) is 17.8. The number of hydrogen-bond acceptors (Lipinski definition) is 0. The van der Waals surface area contributed by atoms with E-state index >= 15 is 0 Å². The van der Waals surface area contributed by atoms with Gasteiger partial charge in [-0.25, -0.2) is 0 Å². The molecule has 0 N–H and O–H groups in total. The lowest BCUT2D eigenvalue weighted by molar-refractivity contribution is 0.352. The highest BCUT2D eigenvalue weighted by atomic mass is 14.2. The van der Waals surface area contributed by atoms with Crippen molar-refractivity contribution in [3.8, 4) is 0 Å². The van der Waals surface area contributed by atoms with E-state index in [1.54, 1.807) is 0 Å². The Kier molecular flexibility index (Phi) is 17.8. The molecule has 146 valence electrons. The van der Waals surface area contributed by atoms with E-state index in [2.05, 4.69) is 34.6 Å². The molecule has 0 radical (unpaired) electrons. The van der Waals surface area contributed by atoms with Gasteiger partial charge in [-0.05, 0) is 17.8 Å². The molecule has 0 heterocycles. The second-order valence-corrected chi connectivity index (χ2v) is 9.13. The smallest absolute Gasteiger partial charge is 0.0414 e. The van der Waals surface area contributed by atoms with Gasteiger partial charge in [0.2, 0.25) is 0 Å². The van der Waals surface area contributed by atoms with Gasteiger partial charge in [-0.2, -0.15) is 0 Å². The zero-order chi connectivity index (χ0) is 18.0. The molecular weight excluding hydrogens is 288 g/mol. The zero-order valence-corrected chi connectivity index (χ0v) is 18.0. The van der Waals surface area contributed by atoms with E-state index in [4.69, 9.17) is 0 Å². The molecule has 0 atom stereocenters. The molecule has 0 aliphatic carbocycles. The Labute approximate surface area is 155 Å². The first kappa shape index (κ1) is 24.0. The molecule has 24 heavy (non-hydrogen) atoms. The van der Waals surface area contributed by atoms with E-state index in [0.717, 1.165) is 17.8 Å². The molecule has 0 heteroatoms. The van der Waals surface area contributed by atoms with Gasteiger partial charge in [-0.3, -0.25) is 0 Å². The summed E-state index contributed by atoms with van der Waals surface area (Å²) in [5.41, 5.74) is 0. The summed E-state index contributed by atoms with van der Waals surface area (Å²) in [6, 6.07) is 0. The van der Waals surface area contributed by atoms with Crippen molar-refractivity contribution in [2.75, 3.05) is 0 Å². The molecule has 0 aromatic rings. The third kappa shape index (κ3) is 18.3. The maximum Gasteiger partial charge on any atom is -0.0414 e. The summed E-state index contributed by atoms with van der Waals surface area (Å²) in [6.07, 6.45) is 23.4. The molecule has 0 saturated carbocycles. The van der Waals surface area contributed by atoms with Crippen LogP contribution < -0.4 is 0 Å². The van der Waals surface area contributed by atoms with Gasteiger partial charge < -0.3 is 0 Å². The first-order chi connectivity index (χ1) is 11.6. The van der Waals surface area contributed by atoms with E-state index in [0.29, 0.717) is 0 Å². The molecule has 0 aromatic carbocycles. The van der Waals surface area contributed by atoms with Gasteiger partial charge in [-0.15, -0.1) is 0 Å². The van der Waals surface area contributed by atoms with Crippen molar-refractivity contribution in [1.82, 2.24) is 0 Å². The van der Waals surface area contributed by atoms with E-state index in [-0.39, 0.29) is 0 Å². The fourth-order valence-electron chi connectivity index (χ4n) is 3.81. The number of hydrogen-bond donors (Lipinski definition) is 0. The SMILES string of the molecule is CCCCCCCCCCCC(CCCC(C)C)CCCC(C)C. The standard InChI is InChI=1S/C24H50/c1-6-7-8-9-10-11-12-13-14-19-24(20-15-17-22(2)3)21-16-18-23(4)5/h22-24H,6-21H2,1-5H3. The third-order valence-electron chi connectivity index (χ3n) is 5.50. The van der Waals surface area contributed by atoms with Gasteiger partial charge in [-0.1, -0.05) is 137 Å². The lowest BCUT2D eigenvalue weighted by atomic mass is 9.88. The quantitative estimate of drug-likeness (QED) is 0.218. The maximum absolute atomic E-state index is 2.37. The molecule has 0 aliphatic rings. The van der Waals surface area contributed by atoms with Crippen LogP contribution in [0.3, 0.4) is 0 Å². The van der Waals surface area contributed by atoms with Gasteiger partial charge in [0.1, 0.15) is 0 Å². The van der Waals surface area contributed by atoms with Crippen molar-refractivity contribution < 1.29 is 0 Å². The van der Waals surface area contributed by atoms with Crippen LogP contribution in [0.4, 0.5) is 0 Å². The van der Waals surface area contributed by atoms with Crippen molar-refractivity contribution in [1.29, 1.82) is 0 Å². The fraction of sp³-hybridized carbons (Fsp3) is 1.00. The molecule has 0 aromatic heterocycles. The first-order valence-corrected chi connectivity index (χ1v) is 11.6. The first-order valence-electron chi connectivity index (χ1n) is 11.6. The third-order valence-corrected chi connectivity index (χ3v) is 5.50.